The van der Waals surface area contributed by atoms with E-state index in [0.717, 1.165) is 5.56 Å². The van der Waals surface area contributed by atoms with Crippen molar-refractivity contribution in [1.29, 1.82) is 0 Å². The maximum Gasteiger partial charge on any atom is 0.326 e. The molecule has 0 spiro atoms. The zero-order valence-corrected chi connectivity index (χ0v) is 16.6. The van der Waals surface area contributed by atoms with E-state index < -0.39 is 18.0 Å². The van der Waals surface area contributed by atoms with Crippen LogP contribution >= 0.6 is 0 Å². The summed E-state index contributed by atoms with van der Waals surface area (Å²) in [4.78, 5) is 36.1. The number of para-hydroxylation sites is 1. The lowest BCUT2D eigenvalue weighted by Crippen LogP contribution is -2.35. The molecule has 0 saturated heterocycles. The summed E-state index contributed by atoms with van der Waals surface area (Å²) in [7, 11) is 0. The molecule has 0 radical (unpaired) electrons. The second-order valence-corrected chi connectivity index (χ2v) is 7.50. The molecule has 148 valence electrons. The molecule has 0 aromatic heterocycles. The fourth-order valence-electron chi connectivity index (χ4n) is 2.43. The molecule has 28 heavy (non-hydrogen) atoms. The molecule has 0 aliphatic heterocycles. The zero-order chi connectivity index (χ0) is 20.7. The second-order valence-electron chi connectivity index (χ2n) is 7.50. The smallest absolute Gasteiger partial charge is 0.326 e. The van der Waals surface area contributed by atoms with Gasteiger partial charge in [0.25, 0.3) is 11.8 Å². The van der Waals surface area contributed by atoms with E-state index in [1.165, 1.54) is 6.92 Å². The van der Waals surface area contributed by atoms with Gasteiger partial charge < -0.3 is 15.4 Å². The van der Waals surface area contributed by atoms with Crippen LogP contribution in [-0.2, 0) is 19.7 Å². The van der Waals surface area contributed by atoms with Crippen LogP contribution in [0.15, 0.2) is 54.6 Å². The Bertz CT molecular complexity index is 824. The summed E-state index contributed by atoms with van der Waals surface area (Å²) >= 11 is 0. The van der Waals surface area contributed by atoms with E-state index in [9.17, 15) is 14.4 Å². The van der Waals surface area contributed by atoms with Crippen LogP contribution in [0.2, 0.25) is 0 Å². The summed E-state index contributed by atoms with van der Waals surface area (Å²) in [6.45, 7) is 7.43. The molecule has 6 nitrogen and oxygen atoms in total. The molecule has 0 bridgehead atoms. The van der Waals surface area contributed by atoms with E-state index in [2.05, 4.69) is 31.4 Å². The maximum atomic E-state index is 12.2. The van der Waals surface area contributed by atoms with Crippen molar-refractivity contribution >= 4 is 23.5 Å². The highest BCUT2D eigenvalue weighted by atomic mass is 16.5. The van der Waals surface area contributed by atoms with Crippen molar-refractivity contribution in [3.8, 4) is 0 Å². The van der Waals surface area contributed by atoms with Gasteiger partial charge in [-0.05, 0) is 42.2 Å². The Morgan fingerprint density at radius 1 is 0.964 bits per heavy atom. The standard InChI is InChI=1S/C22H26N2O4/c1-15(20(26)24-18-8-6-5-7-9-18)28-19(25)14-23-21(27)16-10-12-17(13-11-16)22(2,3)4/h5-13,15H,14H2,1-4H3,(H,23,27)(H,24,26). The lowest BCUT2D eigenvalue weighted by molar-refractivity contribution is -0.152. The van der Waals surface area contributed by atoms with E-state index >= 15 is 0 Å². The third-order valence-corrected chi connectivity index (χ3v) is 4.13. The number of carbonyl (C=O) groups is 3. The zero-order valence-electron chi connectivity index (χ0n) is 16.6. The van der Waals surface area contributed by atoms with Gasteiger partial charge in [0.2, 0.25) is 0 Å². The van der Waals surface area contributed by atoms with Gasteiger partial charge in [-0.3, -0.25) is 14.4 Å². The Labute approximate surface area is 165 Å². The first-order chi connectivity index (χ1) is 13.2. The summed E-state index contributed by atoms with van der Waals surface area (Å²) in [5.74, 6) is -1.50. The van der Waals surface area contributed by atoms with E-state index in [1.54, 1.807) is 36.4 Å². The van der Waals surface area contributed by atoms with Gasteiger partial charge in [0.1, 0.15) is 6.54 Å². The topological polar surface area (TPSA) is 84.5 Å². The average molecular weight is 382 g/mol. The van der Waals surface area contributed by atoms with Gasteiger partial charge in [0, 0.05) is 11.3 Å². The van der Waals surface area contributed by atoms with Crippen LogP contribution < -0.4 is 10.6 Å². The largest absolute Gasteiger partial charge is 0.451 e. The number of carbonyl (C=O) groups excluding carboxylic acids is 3. The molecular weight excluding hydrogens is 356 g/mol. The Morgan fingerprint density at radius 3 is 2.14 bits per heavy atom. The Hall–Kier alpha value is -3.15. The van der Waals surface area contributed by atoms with E-state index in [0.29, 0.717) is 11.3 Å². The van der Waals surface area contributed by atoms with Crippen molar-refractivity contribution in [1.82, 2.24) is 5.32 Å². The van der Waals surface area contributed by atoms with Gasteiger partial charge in [-0.15, -0.1) is 0 Å². The summed E-state index contributed by atoms with van der Waals surface area (Å²) < 4.78 is 5.07. The fourth-order valence-corrected chi connectivity index (χ4v) is 2.43. The average Bonchev–Trinajstić information content (AvgIpc) is 2.66. The first-order valence-electron chi connectivity index (χ1n) is 9.11. The molecule has 6 heteroatoms. The third-order valence-electron chi connectivity index (χ3n) is 4.13. The van der Waals surface area contributed by atoms with Crippen molar-refractivity contribution in [2.45, 2.75) is 39.2 Å². The van der Waals surface area contributed by atoms with E-state index in [1.807, 2.05) is 18.2 Å². The fraction of sp³-hybridized carbons (Fsp3) is 0.318. The SMILES string of the molecule is CC(OC(=O)CNC(=O)c1ccc(C(C)(C)C)cc1)C(=O)Nc1ccccc1. The molecule has 0 aliphatic carbocycles. The number of ether oxygens (including phenoxy) is 1. The quantitative estimate of drug-likeness (QED) is 0.751. The highest BCUT2D eigenvalue weighted by molar-refractivity contribution is 5.97. The first-order valence-corrected chi connectivity index (χ1v) is 9.11. The highest BCUT2D eigenvalue weighted by Crippen LogP contribution is 2.22. The van der Waals surface area contributed by atoms with Crippen molar-refractivity contribution in [2.75, 3.05) is 11.9 Å². The van der Waals surface area contributed by atoms with Gasteiger partial charge in [-0.1, -0.05) is 51.1 Å². The van der Waals surface area contributed by atoms with Crippen LogP contribution in [0, 0.1) is 0 Å². The number of nitrogens with one attached hydrogen (secondary N) is 2. The number of hydrogen-bond acceptors (Lipinski definition) is 4. The Kier molecular flexibility index (Phi) is 6.93. The molecule has 0 saturated carbocycles. The molecule has 1 unspecified atom stereocenters. The predicted octanol–water partition coefficient (Wildman–Crippen LogP) is 3.28. The van der Waals surface area contributed by atoms with Gasteiger partial charge in [0.05, 0.1) is 0 Å². The third kappa shape index (κ3) is 6.23. The van der Waals surface area contributed by atoms with Crippen LogP contribution in [-0.4, -0.2) is 30.4 Å². The minimum Gasteiger partial charge on any atom is -0.451 e. The van der Waals surface area contributed by atoms with Gasteiger partial charge in [-0.2, -0.15) is 0 Å². The normalized spacial score (nSPS) is 12.0. The molecule has 0 heterocycles. The highest BCUT2D eigenvalue weighted by Gasteiger charge is 2.19. The lowest BCUT2D eigenvalue weighted by Gasteiger charge is -2.19. The van der Waals surface area contributed by atoms with Crippen LogP contribution in [0.4, 0.5) is 5.69 Å². The molecule has 2 aromatic carbocycles. The summed E-state index contributed by atoms with van der Waals surface area (Å²) in [5, 5.41) is 5.16. The number of rotatable bonds is 6. The van der Waals surface area contributed by atoms with Gasteiger partial charge in [-0.25, -0.2) is 0 Å². The Balaban J connectivity index is 1.81. The van der Waals surface area contributed by atoms with E-state index in [4.69, 9.17) is 4.74 Å². The van der Waals surface area contributed by atoms with Crippen LogP contribution in [0.1, 0.15) is 43.6 Å². The van der Waals surface area contributed by atoms with Crippen LogP contribution in [0.3, 0.4) is 0 Å². The predicted molar refractivity (Wildman–Crippen MR) is 108 cm³/mol. The first kappa shape index (κ1) is 21.2. The molecule has 2 aromatic rings. The molecule has 2 amide bonds. The maximum absolute atomic E-state index is 12.2. The molecule has 2 rings (SSSR count). The summed E-state index contributed by atoms with van der Waals surface area (Å²) in [6, 6.07) is 16.1. The van der Waals surface area contributed by atoms with Crippen molar-refractivity contribution in [3.63, 3.8) is 0 Å². The molecule has 2 N–H and O–H groups in total. The minimum atomic E-state index is -0.976. The molecule has 0 aliphatic rings. The van der Waals surface area contributed by atoms with Crippen molar-refractivity contribution < 1.29 is 19.1 Å². The minimum absolute atomic E-state index is 0.00469. The van der Waals surface area contributed by atoms with E-state index in [-0.39, 0.29) is 17.9 Å². The molecular formula is C22H26N2O4. The monoisotopic (exact) mass is 382 g/mol. The lowest BCUT2D eigenvalue weighted by atomic mass is 9.87. The number of anilines is 1. The van der Waals surface area contributed by atoms with Crippen molar-refractivity contribution in [2.24, 2.45) is 0 Å². The second kappa shape index (κ2) is 9.17. The van der Waals surface area contributed by atoms with Crippen molar-refractivity contribution in [3.05, 3.63) is 65.7 Å². The summed E-state index contributed by atoms with van der Waals surface area (Å²) in [6.07, 6.45) is -0.976. The number of esters is 1. The molecule has 0 fully saturated rings. The summed E-state index contributed by atoms with van der Waals surface area (Å²) in [5.41, 5.74) is 2.18. The van der Waals surface area contributed by atoms with Gasteiger partial charge in [0.15, 0.2) is 6.10 Å². The van der Waals surface area contributed by atoms with Gasteiger partial charge >= 0.3 is 5.97 Å². The Morgan fingerprint density at radius 2 is 1.57 bits per heavy atom. The number of amides is 2. The number of hydrogen-bond donors (Lipinski definition) is 2. The molecule has 1 atom stereocenters. The van der Waals surface area contributed by atoms with Crippen LogP contribution in [0.5, 0.6) is 0 Å². The number of benzene rings is 2. The van der Waals surface area contributed by atoms with Crippen LogP contribution in [0.25, 0.3) is 0 Å².